The van der Waals surface area contributed by atoms with Crippen LogP contribution < -0.4 is 10.6 Å². The Balaban J connectivity index is 1.93. The van der Waals surface area contributed by atoms with Gasteiger partial charge in [-0.25, -0.2) is 9.50 Å². The van der Waals surface area contributed by atoms with Crippen LogP contribution in [-0.4, -0.2) is 86.1 Å². The van der Waals surface area contributed by atoms with Crippen LogP contribution in [0, 0.1) is 0 Å². The number of hydrogen-bond acceptors (Lipinski definition) is 7. The quantitative estimate of drug-likeness (QED) is 0.499. The Morgan fingerprint density at radius 3 is 2.51 bits per heavy atom. The molecule has 14 heteroatoms. The number of nitrogen functional groups attached to an aromatic ring is 1. The molecule has 1 aliphatic rings. The SMILES string of the molecule is CC(=O)N1CCN(c2cc(-c3cc(C(F)(F)F)c4c(N)ncnn34)ccc2C(=O)N(C)CCO)C(=O)C1(C)C. The number of anilines is 2. The first kappa shape index (κ1) is 27.8. The molecule has 1 aliphatic heterocycles. The number of nitrogens with two attached hydrogens (primary N) is 1. The summed E-state index contributed by atoms with van der Waals surface area (Å²) in [6, 6.07) is 5.19. The fourth-order valence-electron chi connectivity index (χ4n) is 4.85. The van der Waals surface area contributed by atoms with Gasteiger partial charge in [-0.3, -0.25) is 14.4 Å². The standard InChI is InChI=1S/C25H28F3N7O4/c1-14(37)34-8-7-33(23(39)24(34,2)3)19-11-15(5-6-16(19)22(38)32(4)9-10-36)18-12-17(25(26,27)28)20-21(29)30-13-31-35(18)20/h5-6,11-13,36H,7-10H2,1-4H3,(H2,29,30,31). The summed E-state index contributed by atoms with van der Waals surface area (Å²) in [4.78, 5) is 46.8. The van der Waals surface area contributed by atoms with Crippen molar-refractivity contribution < 1.29 is 32.7 Å². The van der Waals surface area contributed by atoms with Crippen molar-refractivity contribution in [3.8, 4) is 11.3 Å². The smallest absolute Gasteiger partial charge is 0.395 e. The van der Waals surface area contributed by atoms with Crippen molar-refractivity contribution in [3.05, 3.63) is 41.7 Å². The van der Waals surface area contributed by atoms with Gasteiger partial charge < -0.3 is 25.5 Å². The number of piperazine rings is 1. The zero-order chi connectivity index (χ0) is 28.9. The number of rotatable bonds is 5. The fraction of sp³-hybridized carbons (Fsp3) is 0.400. The molecule has 0 saturated carbocycles. The van der Waals surface area contributed by atoms with E-state index in [4.69, 9.17) is 5.73 Å². The van der Waals surface area contributed by atoms with Gasteiger partial charge in [-0.05, 0) is 32.0 Å². The van der Waals surface area contributed by atoms with E-state index < -0.39 is 34.6 Å². The lowest BCUT2D eigenvalue weighted by Crippen LogP contribution is -2.64. The van der Waals surface area contributed by atoms with Crippen LogP contribution in [-0.2, 0) is 15.8 Å². The lowest BCUT2D eigenvalue weighted by molar-refractivity contribution is -0.145. The van der Waals surface area contributed by atoms with E-state index >= 15 is 0 Å². The number of hydrogen-bond donors (Lipinski definition) is 2. The van der Waals surface area contributed by atoms with Crippen LogP contribution in [0.1, 0.15) is 36.7 Å². The molecular weight excluding hydrogens is 519 g/mol. The summed E-state index contributed by atoms with van der Waals surface area (Å²) >= 11 is 0. The first-order valence-corrected chi connectivity index (χ1v) is 12.0. The second-order valence-electron chi connectivity index (χ2n) is 9.72. The molecule has 0 spiro atoms. The molecule has 0 aliphatic carbocycles. The van der Waals surface area contributed by atoms with E-state index in [2.05, 4.69) is 10.1 Å². The third kappa shape index (κ3) is 4.75. The summed E-state index contributed by atoms with van der Waals surface area (Å²) in [6.45, 7) is 4.47. The summed E-state index contributed by atoms with van der Waals surface area (Å²) in [5, 5.41) is 13.3. The molecule has 3 heterocycles. The number of aromatic nitrogens is 3. The van der Waals surface area contributed by atoms with Gasteiger partial charge in [0, 0.05) is 39.2 Å². The molecule has 0 unspecified atom stereocenters. The Morgan fingerprint density at radius 2 is 1.90 bits per heavy atom. The Morgan fingerprint density at radius 1 is 1.21 bits per heavy atom. The van der Waals surface area contributed by atoms with Gasteiger partial charge >= 0.3 is 6.18 Å². The van der Waals surface area contributed by atoms with Crippen molar-refractivity contribution in [3.63, 3.8) is 0 Å². The molecule has 11 nitrogen and oxygen atoms in total. The van der Waals surface area contributed by atoms with Crippen molar-refractivity contribution in [2.45, 2.75) is 32.5 Å². The van der Waals surface area contributed by atoms with Crippen molar-refractivity contribution in [1.29, 1.82) is 0 Å². The Hall–Kier alpha value is -4.20. The lowest BCUT2D eigenvalue weighted by atomic mass is 9.95. The number of carbonyl (C=O) groups is 3. The van der Waals surface area contributed by atoms with Crippen LogP contribution in [0.5, 0.6) is 0 Å². The van der Waals surface area contributed by atoms with E-state index in [9.17, 15) is 32.7 Å². The first-order valence-electron chi connectivity index (χ1n) is 12.0. The largest absolute Gasteiger partial charge is 0.418 e. The maximum Gasteiger partial charge on any atom is 0.418 e. The Labute approximate surface area is 221 Å². The van der Waals surface area contributed by atoms with Gasteiger partial charge in [-0.15, -0.1) is 0 Å². The number of fused-ring (bicyclic) bond motifs is 1. The molecule has 0 radical (unpaired) electrons. The highest BCUT2D eigenvalue weighted by Crippen LogP contribution is 2.40. The Bertz CT molecular complexity index is 1470. The van der Waals surface area contributed by atoms with Gasteiger partial charge in [0.05, 0.1) is 29.1 Å². The minimum absolute atomic E-state index is 0.0180. The number of amides is 3. The maximum absolute atomic E-state index is 13.9. The summed E-state index contributed by atoms with van der Waals surface area (Å²) in [6.07, 6.45) is -3.72. The van der Waals surface area contributed by atoms with Gasteiger partial charge in [0.2, 0.25) is 5.91 Å². The minimum atomic E-state index is -4.75. The highest BCUT2D eigenvalue weighted by molar-refractivity contribution is 6.09. The van der Waals surface area contributed by atoms with Crippen LogP contribution >= 0.6 is 0 Å². The number of nitrogens with zero attached hydrogens (tertiary/aromatic N) is 6. The van der Waals surface area contributed by atoms with Gasteiger partial charge in [0.1, 0.15) is 17.4 Å². The molecule has 0 atom stereocenters. The van der Waals surface area contributed by atoms with Gasteiger partial charge in [-0.2, -0.15) is 18.3 Å². The summed E-state index contributed by atoms with van der Waals surface area (Å²) in [5.41, 5.74) is 3.57. The number of aliphatic hydroxyl groups is 1. The highest BCUT2D eigenvalue weighted by Gasteiger charge is 2.44. The van der Waals surface area contributed by atoms with Crippen molar-refractivity contribution >= 4 is 34.7 Å². The van der Waals surface area contributed by atoms with E-state index in [1.807, 2.05) is 0 Å². The summed E-state index contributed by atoms with van der Waals surface area (Å²) in [7, 11) is 1.48. The van der Waals surface area contributed by atoms with Crippen LogP contribution in [0.15, 0.2) is 30.6 Å². The average Bonchev–Trinajstić information content (AvgIpc) is 3.26. The van der Waals surface area contributed by atoms with Gasteiger partial charge in [0.15, 0.2) is 5.82 Å². The predicted octanol–water partition coefficient (Wildman–Crippen LogP) is 2.04. The molecule has 0 bridgehead atoms. The molecule has 39 heavy (non-hydrogen) atoms. The molecule has 1 fully saturated rings. The third-order valence-corrected chi connectivity index (χ3v) is 6.86. The first-order chi connectivity index (χ1) is 18.2. The third-order valence-electron chi connectivity index (χ3n) is 6.86. The predicted molar refractivity (Wildman–Crippen MR) is 136 cm³/mol. The number of likely N-dealkylation sites (N-methyl/N-ethyl adjacent to an activating group) is 1. The van der Waals surface area contributed by atoms with E-state index in [0.29, 0.717) is 0 Å². The van der Waals surface area contributed by atoms with E-state index in [-0.39, 0.29) is 60.5 Å². The summed E-state index contributed by atoms with van der Waals surface area (Å²) < 4.78 is 42.7. The molecule has 1 aromatic carbocycles. The van der Waals surface area contributed by atoms with Crippen LogP contribution in [0.4, 0.5) is 24.7 Å². The second-order valence-corrected chi connectivity index (χ2v) is 9.72. The normalized spacial score (nSPS) is 15.6. The van der Waals surface area contributed by atoms with Crippen molar-refractivity contribution in [1.82, 2.24) is 24.4 Å². The van der Waals surface area contributed by atoms with E-state index in [1.54, 1.807) is 13.8 Å². The molecule has 208 valence electrons. The van der Waals surface area contributed by atoms with Crippen LogP contribution in [0.2, 0.25) is 0 Å². The van der Waals surface area contributed by atoms with Crippen molar-refractivity contribution in [2.75, 3.05) is 43.9 Å². The number of carbonyl (C=O) groups excluding carboxylic acids is 3. The summed E-state index contributed by atoms with van der Waals surface area (Å²) in [5.74, 6) is -1.63. The maximum atomic E-state index is 13.9. The molecule has 3 amide bonds. The topological polar surface area (TPSA) is 137 Å². The van der Waals surface area contributed by atoms with E-state index in [0.717, 1.165) is 16.9 Å². The van der Waals surface area contributed by atoms with E-state index in [1.165, 1.54) is 46.9 Å². The molecule has 2 aromatic heterocycles. The van der Waals surface area contributed by atoms with Gasteiger partial charge in [-0.1, -0.05) is 6.07 Å². The zero-order valence-electron chi connectivity index (χ0n) is 21.8. The molecular formula is C25H28F3N7O4. The zero-order valence-corrected chi connectivity index (χ0v) is 21.8. The van der Waals surface area contributed by atoms with Crippen molar-refractivity contribution in [2.24, 2.45) is 0 Å². The lowest BCUT2D eigenvalue weighted by Gasteiger charge is -2.46. The minimum Gasteiger partial charge on any atom is -0.395 e. The number of benzene rings is 1. The average molecular weight is 548 g/mol. The molecule has 4 rings (SSSR count). The highest BCUT2D eigenvalue weighted by atomic mass is 19.4. The monoisotopic (exact) mass is 547 g/mol. The molecule has 1 saturated heterocycles. The number of aliphatic hydroxyl groups excluding tert-OH is 1. The molecule has 3 aromatic rings. The molecule has 3 N–H and O–H groups in total. The fourth-order valence-corrected chi connectivity index (χ4v) is 4.85. The van der Waals surface area contributed by atoms with Crippen LogP contribution in [0.3, 0.4) is 0 Å². The Kier molecular flexibility index (Phi) is 7.02. The van der Waals surface area contributed by atoms with Gasteiger partial charge in [0.25, 0.3) is 11.8 Å². The number of alkyl halides is 3. The second kappa shape index (κ2) is 9.84. The van der Waals surface area contributed by atoms with Crippen LogP contribution in [0.25, 0.3) is 16.8 Å². The number of halogens is 3.